The lowest BCUT2D eigenvalue weighted by atomic mass is 10.0. The smallest absolute Gasteiger partial charge is 0.326 e. The first kappa shape index (κ1) is 33.3. The van der Waals surface area contributed by atoms with Crippen LogP contribution in [-0.4, -0.2) is 74.9 Å². The van der Waals surface area contributed by atoms with Crippen molar-refractivity contribution >= 4 is 46.5 Å². The van der Waals surface area contributed by atoms with Crippen molar-refractivity contribution in [2.24, 2.45) is 11.5 Å². The van der Waals surface area contributed by atoms with Crippen molar-refractivity contribution < 1.29 is 39.0 Å². The molecule has 2 aromatic carbocycles. The number of aromatic amines is 1. The SMILES string of the molecule is NC(=O)CCC(N)C(=O)NC(Cc1ccccc1)C(=O)NC(Cc1c[nH]c2ccccc12)C(=O)NC(CCC(=O)O)C(=O)O. The topological polar surface area (TPSA) is 247 Å². The molecule has 14 heteroatoms. The fourth-order valence-electron chi connectivity index (χ4n) is 4.57. The Bertz CT molecular complexity index is 1490. The van der Waals surface area contributed by atoms with E-state index in [1.54, 1.807) is 42.6 Å². The normalized spacial score (nSPS) is 13.7. The zero-order valence-corrected chi connectivity index (χ0v) is 23.8. The van der Waals surface area contributed by atoms with Crippen LogP contribution in [0.4, 0.5) is 0 Å². The van der Waals surface area contributed by atoms with E-state index in [0.717, 1.165) is 10.9 Å². The number of rotatable bonds is 17. The van der Waals surface area contributed by atoms with Crippen LogP contribution in [0, 0.1) is 0 Å². The molecule has 0 saturated heterocycles. The first-order valence-corrected chi connectivity index (χ1v) is 13.9. The zero-order chi connectivity index (χ0) is 32.2. The summed E-state index contributed by atoms with van der Waals surface area (Å²) in [5.74, 6) is -5.62. The van der Waals surface area contributed by atoms with Crippen molar-refractivity contribution in [1.82, 2.24) is 20.9 Å². The zero-order valence-electron chi connectivity index (χ0n) is 23.8. The fourth-order valence-corrected chi connectivity index (χ4v) is 4.57. The molecule has 1 heterocycles. The summed E-state index contributed by atoms with van der Waals surface area (Å²) in [6, 6.07) is 10.9. The predicted molar refractivity (Wildman–Crippen MR) is 159 cm³/mol. The number of para-hydroxylation sites is 1. The Morgan fingerprint density at radius 2 is 1.32 bits per heavy atom. The van der Waals surface area contributed by atoms with Gasteiger partial charge in [0.15, 0.2) is 0 Å². The largest absolute Gasteiger partial charge is 0.481 e. The first-order valence-electron chi connectivity index (χ1n) is 13.9. The van der Waals surface area contributed by atoms with Gasteiger partial charge in [-0.1, -0.05) is 48.5 Å². The Hall–Kier alpha value is -5.24. The van der Waals surface area contributed by atoms with Gasteiger partial charge in [0.25, 0.3) is 0 Å². The summed E-state index contributed by atoms with van der Waals surface area (Å²) in [6.07, 6.45) is 0.577. The molecule has 0 aliphatic rings. The minimum Gasteiger partial charge on any atom is -0.481 e. The van der Waals surface area contributed by atoms with Crippen molar-refractivity contribution in [3.63, 3.8) is 0 Å². The first-order chi connectivity index (χ1) is 20.9. The third kappa shape index (κ3) is 9.94. The number of hydrogen-bond acceptors (Lipinski definition) is 7. The van der Waals surface area contributed by atoms with Gasteiger partial charge < -0.3 is 42.6 Å². The van der Waals surface area contributed by atoms with Gasteiger partial charge in [-0.25, -0.2) is 4.79 Å². The van der Waals surface area contributed by atoms with Crippen molar-refractivity contribution in [2.75, 3.05) is 0 Å². The maximum Gasteiger partial charge on any atom is 0.326 e. The highest BCUT2D eigenvalue weighted by molar-refractivity contribution is 5.95. The van der Waals surface area contributed by atoms with Crippen LogP contribution in [0.3, 0.4) is 0 Å². The Morgan fingerprint density at radius 3 is 1.95 bits per heavy atom. The quantitative estimate of drug-likeness (QED) is 0.102. The van der Waals surface area contributed by atoms with Crippen LogP contribution in [-0.2, 0) is 41.6 Å². The number of carbonyl (C=O) groups is 6. The molecule has 0 bridgehead atoms. The van der Waals surface area contributed by atoms with E-state index in [0.29, 0.717) is 11.1 Å². The third-order valence-corrected chi connectivity index (χ3v) is 6.95. The molecule has 0 aliphatic heterocycles. The van der Waals surface area contributed by atoms with Crippen LogP contribution in [0.5, 0.6) is 0 Å². The van der Waals surface area contributed by atoms with Crippen LogP contribution in [0.1, 0.15) is 36.8 Å². The van der Waals surface area contributed by atoms with Crippen LogP contribution in [0.2, 0.25) is 0 Å². The monoisotopic (exact) mass is 608 g/mol. The van der Waals surface area contributed by atoms with Crippen LogP contribution in [0.25, 0.3) is 10.9 Å². The average Bonchev–Trinajstić information content (AvgIpc) is 3.40. The lowest BCUT2D eigenvalue weighted by Gasteiger charge is -2.25. The summed E-state index contributed by atoms with van der Waals surface area (Å²) in [4.78, 5) is 77.1. The minimum atomic E-state index is -1.52. The highest BCUT2D eigenvalue weighted by Gasteiger charge is 2.31. The van der Waals surface area contributed by atoms with Crippen LogP contribution in [0.15, 0.2) is 60.8 Å². The Balaban J connectivity index is 1.88. The molecule has 4 unspecified atom stereocenters. The number of carboxylic acids is 2. The fraction of sp³-hybridized carbons (Fsp3) is 0.333. The summed E-state index contributed by atoms with van der Waals surface area (Å²) in [6.45, 7) is 0. The number of H-pyrrole nitrogens is 1. The van der Waals surface area contributed by atoms with E-state index in [4.69, 9.17) is 16.6 Å². The summed E-state index contributed by atoms with van der Waals surface area (Å²) in [5.41, 5.74) is 13.2. The van der Waals surface area contributed by atoms with Gasteiger partial charge in [0, 0.05) is 42.8 Å². The number of hydrogen-bond donors (Lipinski definition) is 8. The molecule has 0 spiro atoms. The molecule has 14 nitrogen and oxygen atoms in total. The van der Waals surface area contributed by atoms with Gasteiger partial charge in [0.2, 0.25) is 23.6 Å². The molecule has 3 rings (SSSR count). The number of carboxylic acid groups (broad SMARTS) is 2. The lowest BCUT2D eigenvalue weighted by Crippen LogP contribution is -2.58. The Labute approximate surface area is 252 Å². The van der Waals surface area contributed by atoms with Gasteiger partial charge in [-0.3, -0.25) is 24.0 Å². The Kier molecular flexibility index (Phi) is 12.0. The molecule has 3 aromatic rings. The van der Waals surface area contributed by atoms with Crippen molar-refractivity contribution in [1.29, 1.82) is 0 Å². The predicted octanol–water partition coefficient (Wildman–Crippen LogP) is -0.0503. The molecule has 234 valence electrons. The van der Waals surface area contributed by atoms with E-state index in [2.05, 4.69) is 20.9 Å². The number of amides is 4. The molecule has 10 N–H and O–H groups in total. The van der Waals surface area contributed by atoms with Gasteiger partial charge in [0.05, 0.1) is 6.04 Å². The number of carbonyl (C=O) groups excluding carboxylic acids is 4. The van der Waals surface area contributed by atoms with E-state index in [9.17, 15) is 33.9 Å². The maximum absolute atomic E-state index is 13.7. The number of benzene rings is 2. The number of nitrogens with two attached hydrogens (primary N) is 2. The van der Waals surface area contributed by atoms with Crippen LogP contribution < -0.4 is 27.4 Å². The van der Waals surface area contributed by atoms with Crippen LogP contribution >= 0.6 is 0 Å². The number of aliphatic carboxylic acids is 2. The average molecular weight is 609 g/mol. The van der Waals surface area contributed by atoms with Gasteiger partial charge in [-0.2, -0.15) is 0 Å². The van der Waals surface area contributed by atoms with Crippen molar-refractivity contribution in [2.45, 2.75) is 62.7 Å². The van der Waals surface area contributed by atoms with E-state index in [1.165, 1.54) is 0 Å². The minimum absolute atomic E-state index is 0.0265. The highest BCUT2D eigenvalue weighted by Crippen LogP contribution is 2.19. The van der Waals surface area contributed by atoms with Gasteiger partial charge >= 0.3 is 11.9 Å². The molecule has 44 heavy (non-hydrogen) atoms. The second kappa shape index (κ2) is 15.8. The summed E-state index contributed by atoms with van der Waals surface area (Å²) in [7, 11) is 0. The summed E-state index contributed by atoms with van der Waals surface area (Å²) in [5, 5.41) is 26.9. The van der Waals surface area contributed by atoms with Gasteiger partial charge in [0.1, 0.15) is 18.1 Å². The van der Waals surface area contributed by atoms with E-state index in [1.807, 2.05) is 18.2 Å². The molecule has 4 atom stereocenters. The number of fused-ring (bicyclic) bond motifs is 1. The van der Waals surface area contributed by atoms with E-state index in [-0.39, 0.29) is 32.1 Å². The molecular weight excluding hydrogens is 572 g/mol. The van der Waals surface area contributed by atoms with Crippen molar-refractivity contribution in [3.8, 4) is 0 Å². The molecule has 4 amide bonds. The maximum atomic E-state index is 13.7. The number of nitrogens with one attached hydrogen (secondary N) is 4. The van der Waals surface area contributed by atoms with Gasteiger partial charge in [-0.15, -0.1) is 0 Å². The number of aromatic nitrogens is 1. The summed E-state index contributed by atoms with van der Waals surface area (Å²) < 4.78 is 0. The van der Waals surface area contributed by atoms with E-state index >= 15 is 0 Å². The Morgan fingerprint density at radius 1 is 0.727 bits per heavy atom. The standard InChI is InChI=1S/C30H36N6O8/c31-20(10-12-25(32)37)27(40)35-23(14-17-6-2-1-3-7-17)28(41)36-24(15-18-16-33-21-9-5-4-8-19(18)21)29(42)34-22(30(43)44)11-13-26(38)39/h1-9,16,20,22-24,33H,10-15,31H2,(H2,32,37)(H,34,42)(H,35,40)(H,36,41)(H,38,39)(H,43,44). The second-order valence-corrected chi connectivity index (χ2v) is 10.3. The van der Waals surface area contributed by atoms with Crippen molar-refractivity contribution in [3.05, 3.63) is 71.9 Å². The molecule has 0 aliphatic carbocycles. The molecule has 0 saturated carbocycles. The highest BCUT2D eigenvalue weighted by atomic mass is 16.4. The second-order valence-electron chi connectivity index (χ2n) is 10.3. The lowest BCUT2D eigenvalue weighted by molar-refractivity contribution is -0.143. The molecule has 0 fully saturated rings. The molecular formula is C30H36N6O8. The third-order valence-electron chi connectivity index (χ3n) is 6.95. The van der Waals surface area contributed by atoms with Gasteiger partial charge in [-0.05, 0) is 30.0 Å². The molecule has 0 radical (unpaired) electrons. The number of primary amides is 1. The molecule has 1 aromatic heterocycles. The summed E-state index contributed by atoms with van der Waals surface area (Å²) >= 11 is 0. The van der Waals surface area contributed by atoms with E-state index < -0.39 is 66.2 Å².